The first kappa shape index (κ1) is 21.6. The molecule has 0 spiro atoms. The van der Waals surface area contributed by atoms with Crippen LogP contribution < -0.4 is 5.69 Å². The van der Waals surface area contributed by atoms with Crippen molar-refractivity contribution < 1.29 is 18.4 Å². The van der Waals surface area contributed by atoms with Gasteiger partial charge in [-0.3, -0.25) is 14.7 Å². The normalized spacial score (nSPS) is 19.3. The van der Waals surface area contributed by atoms with Crippen LogP contribution in [0.5, 0.6) is 5.88 Å². The summed E-state index contributed by atoms with van der Waals surface area (Å²) in [6.07, 6.45) is 0.411. The molecule has 1 aromatic heterocycles. The molecule has 0 aliphatic carbocycles. The number of hydrogen-bond acceptors (Lipinski definition) is 6. The number of sulfonamides is 1. The predicted octanol–water partition coefficient (Wildman–Crippen LogP) is 3.24. The van der Waals surface area contributed by atoms with Crippen molar-refractivity contribution in [3.63, 3.8) is 0 Å². The second kappa shape index (κ2) is 7.52. The number of aromatic hydroxyl groups is 1. The molecule has 35 heavy (non-hydrogen) atoms. The Balaban J connectivity index is 1.46. The minimum Gasteiger partial charge on any atom is -0.493 e. The van der Waals surface area contributed by atoms with Gasteiger partial charge >= 0.3 is 5.69 Å². The van der Waals surface area contributed by atoms with E-state index in [4.69, 9.17) is 0 Å². The van der Waals surface area contributed by atoms with Crippen LogP contribution in [0.15, 0.2) is 71.5 Å². The van der Waals surface area contributed by atoms with E-state index in [0.29, 0.717) is 28.4 Å². The number of non-ortho nitro benzene ring substituents is 1. The van der Waals surface area contributed by atoms with Crippen molar-refractivity contribution in [2.24, 2.45) is 0 Å². The average Bonchev–Trinajstić information content (AvgIpc) is 3.50. The number of nitro groups is 1. The molecule has 0 unspecified atom stereocenters. The molecule has 6 rings (SSSR count). The lowest BCUT2D eigenvalue weighted by Gasteiger charge is -2.27. The Morgan fingerprint density at radius 3 is 2.40 bits per heavy atom. The summed E-state index contributed by atoms with van der Waals surface area (Å²) in [6, 6.07) is 17.1. The minimum absolute atomic E-state index is 0.109. The molecule has 1 fully saturated rings. The lowest BCUT2D eigenvalue weighted by atomic mass is 10.1. The monoisotopic (exact) mass is 492 g/mol. The quantitative estimate of drug-likeness (QED) is 0.337. The molecule has 2 aliphatic heterocycles. The largest absolute Gasteiger partial charge is 0.493 e. The maximum atomic E-state index is 13.4. The second-order valence-corrected chi connectivity index (χ2v) is 10.7. The Labute approximate surface area is 199 Å². The smallest absolute Gasteiger partial charge is 0.336 e. The minimum atomic E-state index is -3.70. The molecule has 178 valence electrons. The highest BCUT2D eigenvalue weighted by atomic mass is 32.2. The summed E-state index contributed by atoms with van der Waals surface area (Å²) in [5.74, 6) is -0.517. The highest BCUT2D eigenvalue weighted by Gasteiger charge is 2.51. The maximum Gasteiger partial charge on any atom is 0.336 e. The van der Waals surface area contributed by atoms with Gasteiger partial charge in [-0.05, 0) is 24.1 Å². The fraction of sp³-hybridized carbons (Fsp3) is 0.208. The van der Waals surface area contributed by atoms with E-state index in [1.807, 2.05) is 6.07 Å². The van der Waals surface area contributed by atoms with Gasteiger partial charge in [-0.25, -0.2) is 17.8 Å². The third-order valence-electron chi connectivity index (χ3n) is 6.88. The van der Waals surface area contributed by atoms with Gasteiger partial charge in [0.05, 0.1) is 33.8 Å². The van der Waals surface area contributed by atoms with E-state index in [2.05, 4.69) is 0 Å². The summed E-state index contributed by atoms with van der Waals surface area (Å²) in [7, 11) is -3.70. The Morgan fingerprint density at radius 2 is 1.69 bits per heavy atom. The van der Waals surface area contributed by atoms with Gasteiger partial charge in [-0.2, -0.15) is 4.31 Å². The number of aromatic nitrogens is 2. The summed E-state index contributed by atoms with van der Waals surface area (Å²) in [4.78, 5) is 24.4. The lowest BCUT2D eigenvalue weighted by Crippen LogP contribution is -2.38. The maximum absolute atomic E-state index is 13.4. The van der Waals surface area contributed by atoms with Crippen LogP contribution >= 0.6 is 0 Å². The van der Waals surface area contributed by atoms with Crippen LogP contribution in [0.4, 0.5) is 5.69 Å². The summed E-state index contributed by atoms with van der Waals surface area (Å²) < 4.78 is 30.4. The van der Waals surface area contributed by atoms with Crippen molar-refractivity contribution in [2.45, 2.75) is 24.3 Å². The molecular formula is C24H20N4O6S. The number of benzene rings is 3. The van der Waals surface area contributed by atoms with Crippen molar-refractivity contribution in [3.05, 3.63) is 98.6 Å². The molecule has 4 aromatic rings. The van der Waals surface area contributed by atoms with Gasteiger partial charge in [0.2, 0.25) is 15.9 Å². The van der Waals surface area contributed by atoms with E-state index in [9.17, 15) is 28.4 Å². The van der Waals surface area contributed by atoms with Crippen LogP contribution in [-0.4, -0.2) is 38.4 Å². The Morgan fingerprint density at radius 1 is 1.00 bits per heavy atom. The molecule has 11 heteroatoms. The van der Waals surface area contributed by atoms with Gasteiger partial charge in [-0.15, -0.1) is 0 Å². The first-order valence-corrected chi connectivity index (χ1v) is 12.6. The Kier molecular flexibility index (Phi) is 4.63. The van der Waals surface area contributed by atoms with Crippen molar-refractivity contribution in [2.75, 3.05) is 6.54 Å². The van der Waals surface area contributed by atoms with Crippen molar-refractivity contribution in [3.8, 4) is 11.6 Å². The van der Waals surface area contributed by atoms with Gasteiger partial charge in [0.15, 0.2) is 0 Å². The molecule has 0 saturated carbocycles. The number of imidazole rings is 1. The predicted molar refractivity (Wildman–Crippen MR) is 128 cm³/mol. The molecule has 10 nitrogen and oxygen atoms in total. The molecule has 2 atom stereocenters. The first-order chi connectivity index (χ1) is 16.8. The van der Waals surface area contributed by atoms with Crippen molar-refractivity contribution in [1.29, 1.82) is 0 Å². The SMILES string of the molecule is O=c1n(-c2ccc([N+](=O)[O-])c3ccccc23)c(O)c2n1[C@H]1C[C@@H]2N(S(=O)(=O)Cc2ccccc2)C1. The van der Waals surface area contributed by atoms with Crippen LogP contribution in [0.3, 0.4) is 0 Å². The van der Waals surface area contributed by atoms with Crippen LogP contribution in [0.25, 0.3) is 16.5 Å². The van der Waals surface area contributed by atoms with Gasteiger partial charge in [0, 0.05) is 18.0 Å². The topological polar surface area (TPSA) is 128 Å². The van der Waals surface area contributed by atoms with E-state index >= 15 is 0 Å². The zero-order chi connectivity index (χ0) is 24.5. The van der Waals surface area contributed by atoms with E-state index < -0.39 is 32.7 Å². The molecule has 3 aromatic carbocycles. The van der Waals surface area contributed by atoms with E-state index in [1.165, 1.54) is 21.0 Å². The number of nitrogens with zero attached hydrogens (tertiary/aromatic N) is 4. The molecule has 2 bridgehead atoms. The van der Waals surface area contributed by atoms with Crippen LogP contribution in [0, 0.1) is 10.1 Å². The number of nitro benzene ring substituents is 1. The zero-order valence-corrected chi connectivity index (χ0v) is 19.1. The van der Waals surface area contributed by atoms with E-state index in [1.54, 1.807) is 48.5 Å². The summed E-state index contributed by atoms with van der Waals surface area (Å²) in [5.41, 5.74) is 0.608. The second-order valence-electron chi connectivity index (χ2n) is 8.82. The number of hydrogen-bond donors (Lipinski definition) is 1. The third kappa shape index (κ3) is 3.12. The van der Waals surface area contributed by atoms with E-state index in [0.717, 1.165) is 4.57 Å². The molecule has 1 saturated heterocycles. The molecule has 0 radical (unpaired) electrons. The van der Waals surface area contributed by atoms with Gasteiger partial charge < -0.3 is 5.11 Å². The fourth-order valence-electron chi connectivity index (χ4n) is 5.42. The summed E-state index contributed by atoms with van der Waals surface area (Å²) >= 11 is 0. The molecule has 0 amide bonds. The number of rotatable bonds is 5. The number of fused-ring (bicyclic) bond motifs is 6. The molecule has 3 heterocycles. The summed E-state index contributed by atoms with van der Waals surface area (Å²) in [5, 5.41) is 23.5. The third-order valence-corrected chi connectivity index (χ3v) is 8.69. The summed E-state index contributed by atoms with van der Waals surface area (Å²) in [6.45, 7) is 0.150. The standard InChI is InChI=1S/C24H20N4O6S/c29-23-22-21-12-16(13-25(21)35(33,34)14-15-6-2-1-3-7-15)26(22)24(30)27(23)19-10-11-20(28(31)32)18-9-5-4-8-17(18)19/h1-11,16,21,29H,12-14H2/t16-,21-/m0/s1. The van der Waals surface area contributed by atoms with Crippen LogP contribution in [0.2, 0.25) is 0 Å². The van der Waals surface area contributed by atoms with Crippen LogP contribution in [-0.2, 0) is 15.8 Å². The molecule has 2 aliphatic rings. The van der Waals surface area contributed by atoms with Gasteiger partial charge in [0.25, 0.3) is 5.69 Å². The van der Waals surface area contributed by atoms with Gasteiger partial charge in [0.1, 0.15) is 5.69 Å². The zero-order valence-electron chi connectivity index (χ0n) is 18.3. The van der Waals surface area contributed by atoms with Crippen molar-refractivity contribution in [1.82, 2.24) is 13.4 Å². The van der Waals surface area contributed by atoms with Crippen molar-refractivity contribution >= 4 is 26.5 Å². The fourth-order valence-corrected chi connectivity index (χ4v) is 7.17. The Hall–Kier alpha value is -3.96. The Bertz CT molecular complexity index is 1680. The van der Waals surface area contributed by atoms with Crippen LogP contribution in [0.1, 0.15) is 29.8 Å². The first-order valence-electron chi connectivity index (χ1n) is 11.0. The van der Waals surface area contributed by atoms with E-state index in [-0.39, 0.29) is 29.6 Å². The molecule has 1 N–H and O–H groups in total. The average molecular weight is 493 g/mol. The van der Waals surface area contributed by atoms with Gasteiger partial charge in [-0.1, -0.05) is 48.5 Å². The molecular weight excluding hydrogens is 472 g/mol. The highest BCUT2D eigenvalue weighted by Crippen LogP contribution is 2.50. The lowest BCUT2D eigenvalue weighted by molar-refractivity contribution is -0.383. The highest BCUT2D eigenvalue weighted by molar-refractivity contribution is 7.88.